The van der Waals surface area contributed by atoms with Gasteiger partial charge in [-0.2, -0.15) is 0 Å². The van der Waals surface area contributed by atoms with Crippen LogP contribution in [0.1, 0.15) is 55.1 Å². The normalized spacial score (nSPS) is 18.8. The molecule has 4 aliphatic carbocycles. The van der Waals surface area contributed by atoms with E-state index >= 15 is 0 Å². The second-order valence-electron chi connectivity index (χ2n) is 18.5. The zero-order chi connectivity index (χ0) is 41.4. The van der Waals surface area contributed by atoms with Crippen LogP contribution in [0.5, 0.6) is 0 Å². The number of para-hydroxylation sites is 2. The van der Waals surface area contributed by atoms with Gasteiger partial charge in [0.2, 0.25) is 0 Å². The molecule has 63 heavy (non-hydrogen) atoms. The zero-order valence-corrected chi connectivity index (χ0v) is 35.4. The molecule has 2 atom stereocenters. The van der Waals surface area contributed by atoms with E-state index in [1.807, 2.05) is 0 Å². The zero-order valence-electron chi connectivity index (χ0n) is 35.4. The maximum Gasteiger partial charge on any atom is 0.0543 e. The number of benzene rings is 10. The Morgan fingerprint density at radius 1 is 0.333 bits per heavy atom. The van der Waals surface area contributed by atoms with Crippen LogP contribution >= 0.6 is 0 Å². The highest BCUT2D eigenvalue weighted by Gasteiger charge is 2.41. The van der Waals surface area contributed by atoms with E-state index in [0.29, 0.717) is 11.8 Å². The first-order valence-electron chi connectivity index (χ1n) is 23.0. The highest BCUT2D eigenvalue weighted by molar-refractivity contribution is 6.28. The van der Waals surface area contributed by atoms with Crippen molar-refractivity contribution in [3.8, 4) is 22.3 Å². The quantitative estimate of drug-likeness (QED) is 0.148. The molecule has 0 aromatic heterocycles. The SMILES string of the molecule is c1ccc(-c2cccc(N(c3ccccc3)c3ccc4ccc5c(N(c6ccccc6)c6cccc7c6-c6ccccc6C6CC8CC(C6)CC7C8)ccc6ccc3c4c65)c2)cc1. The molecule has 0 radical (unpaired) electrons. The Bertz CT molecular complexity index is 3290. The van der Waals surface area contributed by atoms with Crippen molar-refractivity contribution >= 4 is 66.4 Å². The van der Waals surface area contributed by atoms with E-state index in [1.54, 1.807) is 5.56 Å². The van der Waals surface area contributed by atoms with Gasteiger partial charge < -0.3 is 9.80 Å². The van der Waals surface area contributed by atoms with Gasteiger partial charge in [0.05, 0.1) is 17.1 Å². The fourth-order valence-corrected chi connectivity index (χ4v) is 12.4. The Hall–Kier alpha value is -7.16. The van der Waals surface area contributed by atoms with Crippen LogP contribution in [0.15, 0.2) is 206 Å². The first-order valence-corrected chi connectivity index (χ1v) is 23.0. The molecule has 2 heteroatoms. The number of rotatable bonds is 7. The minimum atomic E-state index is 0.578. The van der Waals surface area contributed by atoms with Crippen LogP contribution in [0, 0.1) is 11.8 Å². The molecule has 4 bridgehead atoms. The average molecular weight is 809 g/mol. The van der Waals surface area contributed by atoms with Gasteiger partial charge in [-0.05, 0) is 160 Å². The smallest absolute Gasteiger partial charge is 0.0543 e. The van der Waals surface area contributed by atoms with Crippen molar-refractivity contribution < 1.29 is 0 Å². The van der Waals surface area contributed by atoms with Crippen LogP contribution < -0.4 is 9.80 Å². The molecule has 0 heterocycles. The molecule has 4 aliphatic rings. The summed E-state index contributed by atoms with van der Waals surface area (Å²) in [4.78, 5) is 5.04. The van der Waals surface area contributed by atoms with Crippen LogP contribution in [-0.2, 0) is 0 Å². The Morgan fingerprint density at radius 3 is 1.49 bits per heavy atom. The molecule has 0 aliphatic heterocycles. The molecular weight excluding hydrogens is 761 g/mol. The highest BCUT2D eigenvalue weighted by Crippen LogP contribution is 2.58. The molecule has 2 nitrogen and oxygen atoms in total. The topological polar surface area (TPSA) is 6.48 Å². The van der Waals surface area contributed by atoms with E-state index < -0.39 is 0 Å². The van der Waals surface area contributed by atoms with Crippen LogP contribution in [0.3, 0.4) is 0 Å². The molecule has 0 spiro atoms. The van der Waals surface area contributed by atoms with Crippen molar-refractivity contribution in [2.75, 3.05) is 9.80 Å². The van der Waals surface area contributed by atoms with Gasteiger partial charge in [-0.3, -0.25) is 0 Å². The predicted molar refractivity (Wildman–Crippen MR) is 266 cm³/mol. The summed E-state index contributed by atoms with van der Waals surface area (Å²) < 4.78 is 0. The van der Waals surface area contributed by atoms with Gasteiger partial charge in [0.1, 0.15) is 0 Å². The Kier molecular flexibility index (Phi) is 8.54. The van der Waals surface area contributed by atoms with Crippen molar-refractivity contribution in [3.05, 3.63) is 217 Å². The molecule has 0 saturated heterocycles. The molecule has 10 aromatic rings. The summed E-state index contributed by atoms with van der Waals surface area (Å²) in [5, 5.41) is 7.62. The third kappa shape index (κ3) is 5.99. The van der Waals surface area contributed by atoms with E-state index in [2.05, 4.69) is 216 Å². The Morgan fingerprint density at radius 2 is 0.825 bits per heavy atom. The van der Waals surface area contributed by atoms with Crippen LogP contribution in [0.4, 0.5) is 34.1 Å². The largest absolute Gasteiger partial charge is 0.310 e. The molecule has 302 valence electrons. The van der Waals surface area contributed by atoms with Crippen molar-refractivity contribution in [3.63, 3.8) is 0 Å². The lowest BCUT2D eigenvalue weighted by atomic mass is 9.63. The highest BCUT2D eigenvalue weighted by atomic mass is 15.2. The lowest BCUT2D eigenvalue weighted by molar-refractivity contribution is 0.153. The predicted octanol–water partition coefficient (Wildman–Crippen LogP) is 17.2. The summed E-state index contributed by atoms with van der Waals surface area (Å²) in [6.07, 6.45) is 6.68. The summed E-state index contributed by atoms with van der Waals surface area (Å²) >= 11 is 0. The Balaban J connectivity index is 1.05. The molecule has 2 unspecified atom stereocenters. The van der Waals surface area contributed by atoms with Gasteiger partial charge in [-0.25, -0.2) is 0 Å². The summed E-state index contributed by atoms with van der Waals surface area (Å²) in [5.74, 6) is 2.83. The van der Waals surface area contributed by atoms with Crippen molar-refractivity contribution in [1.29, 1.82) is 0 Å². The molecule has 14 rings (SSSR count). The monoisotopic (exact) mass is 808 g/mol. The molecule has 0 amide bonds. The molecule has 2 fully saturated rings. The maximum atomic E-state index is 2.59. The van der Waals surface area contributed by atoms with E-state index in [0.717, 1.165) is 23.2 Å². The van der Waals surface area contributed by atoms with Gasteiger partial charge in [-0.15, -0.1) is 0 Å². The van der Waals surface area contributed by atoms with Gasteiger partial charge in [0, 0.05) is 33.4 Å². The lowest BCUT2D eigenvalue weighted by Gasteiger charge is -2.42. The van der Waals surface area contributed by atoms with Crippen molar-refractivity contribution in [2.24, 2.45) is 11.8 Å². The first-order chi connectivity index (χ1) is 31.2. The van der Waals surface area contributed by atoms with Crippen molar-refractivity contribution in [2.45, 2.75) is 43.9 Å². The summed E-state index contributed by atoms with van der Waals surface area (Å²) in [6, 6.07) is 77.2. The summed E-state index contributed by atoms with van der Waals surface area (Å²) in [7, 11) is 0. The fourth-order valence-electron chi connectivity index (χ4n) is 12.4. The minimum Gasteiger partial charge on any atom is -0.310 e. The minimum absolute atomic E-state index is 0.578. The number of nitrogens with zero attached hydrogens (tertiary/aromatic N) is 2. The lowest BCUT2D eigenvalue weighted by Crippen LogP contribution is -2.29. The Labute approximate surface area is 370 Å². The van der Waals surface area contributed by atoms with Crippen LogP contribution in [0.2, 0.25) is 0 Å². The summed E-state index contributed by atoms with van der Waals surface area (Å²) in [6.45, 7) is 0. The third-order valence-electron chi connectivity index (χ3n) is 14.9. The molecule has 10 aromatic carbocycles. The molecule has 2 saturated carbocycles. The van der Waals surface area contributed by atoms with Crippen molar-refractivity contribution in [1.82, 2.24) is 0 Å². The van der Waals surface area contributed by atoms with Crippen LogP contribution in [-0.4, -0.2) is 0 Å². The van der Waals surface area contributed by atoms with E-state index in [-0.39, 0.29) is 0 Å². The number of anilines is 6. The number of hydrogen-bond donors (Lipinski definition) is 0. The average Bonchev–Trinajstić information content (AvgIpc) is 3.40. The third-order valence-corrected chi connectivity index (χ3v) is 14.9. The summed E-state index contributed by atoms with van der Waals surface area (Å²) in [5.41, 5.74) is 15.5. The van der Waals surface area contributed by atoms with E-state index in [1.165, 1.54) is 115 Å². The van der Waals surface area contributed by atoms with Crippen LogP contribution in [0.25, 0.3) is 54.6 Å². The second kappa shape index (κ2) is 14.7. The standard InChI is InChI=1S/C61H48N2/c1-4-14-42(15-5-1)45-16-12-21-50(39-45)62(48-17-6-2-7-18-48)56-32-28-43-27-31-55-57(33-29-44-26-30-54(56)59(43)60(44)55)63(49-19-8-3-9-20-49)58-25-13-24-52-47-37-40-34-41(38-47)36-46(35-40)51-22-10-11-23-53(51)61(52)58/h1-33,39-41,46-47H,34-38H2. The number of hydrogen-bond acceptors (Lipinski definition) is 2. The fraction of sp³-hybridized carbons (Fsp3) is 0.148. The maximum absolute atomic E-state index is 2.59. The van der Waals surface area contributed by atoms with E-state index in [4.69, 9.17) is 0 Å². The van der Waals surface area contributed by atoms with Gasteiger partial charge >= 0.3 is 0 Å². The van der Waals surface area contributed by atoms with Gasteiger partial charge in [-0.1, -0.05) is 152 Å². The molecular formula is C61H48N2. The first kappa shape index (κ1) is 36.5. The second-order valence-corrected chi connectivity index (χ2v) is 18.5. The van der Waals surface area contributed by atoms with Gasteiger partial charge in [0.15, 0.2) is 0 Å². The molecule has 0 N–H and O–H groups in total. The van der Waals surface area contributed by atoms with Gasteiger partial charge in [0.25, 0.3) is 0 Å². The van der Waals surface area contributed by atoms with E-state index in [9.17, 15) is 0 Å².